The predicted molar refractivity (Wildman–Crippen MR) is 118 cm³/mol. The molecule has 0 saturated carbocycles. The highest BCUT2D eigenvalue weighted by molar-refractivity contribution is 5.57. The average molecular weight is 478 g/mol. The fourth-order valence-electron chi connectivity index (χ4n) is 2.84. The van der Waals surface area contributed by atoms with E-state index in [9.17, 15) is 14.7 Å². The molecule has 0 aliphatic heterocycles. The Kier molecular flexibility index (Phi) is 11.3. The minimum absolute atomic E-state index is 0.0116. The van der Waals surface area contributed by atoms with Gasteiger partial charge in [-0.1, -0.05) is 59.7 Å². The molecule has 0 bridgehead atoms. The minimum Gasteiger partial charge on any atom is -0.450 e. The predicted octanol–water partition coefficient (Wildman–Crippen LogP) is 5.50. The Morgan fingerprint density at radius 1 is 0.735 bits per heavy atom. The van der Waals surface area contributed by atoms with Crippen molar-refractivity contribution in [1.29, 1.82) is 0 Å². The van der Waals surface area contributed by atoms with Gasteiger partial charge >= 0.3 is 18.3 Å². The van der Waals surface area contributed by atoms with Crippen LogP contribution in [-0.4, -0.2) is 35.1 Å². The number of aryl methyl sites for hydroxylation is 2. The van der Waals surface area contributed by atoms with Gasteiger partial charge in [0.25, 0.3) is 0 Å². The van der Waals surface area contributed by atoms with Crippen molar-refractivity contribution >= 4 is 12.3 Å². The van der Waals surface area contributed by atoms with E-state index in [1.54, 1.807) is 0 Å². The molecule has 0 radical (unpaired) electrons. The number of rotatable bonds is 15. The largest absolute Gasteiger partial charge is 0.510 e. The molecule has 186 valence electrons. The van der Waals surface area contributed by atoms with E-state index in [4.69, 9.17) is 29.4 Å². The lowest BCUT2D eigenvalue weighted by atomic mass is 10.2. The van der Waals surface area contributed by atoms with E-state index in [1.807, 2.05) is 62.4 Å². The van der Waals surface area contributed by atoms with Crippen molar-refractivity contribution in [2.45, 2.75) is 58.7 Å². The molecule has 0 aliphatic rings. The van der Waals surface area contributed by atoms with E-state index >= 15 is 0 Å². The van der Waals surface area contributed by atoms with Gasteiger partial charge < -0.3 is 19.7 Å². The van der Waals surface area contributed by atoms with Crippen LogP contribution in [0.25, 0.3) is 0 Å². The van der Waals surface area contributed by atoms with E-state index in [0.29, 0.717) is 19.3 Å². The van der Waals surface area contributed by atoms with Gasteiger partial charge in [-0.25, -0.2) is 19.4 Å². The molecule has 2 aromatic rings. The van der Waals surface area contributed by atoms with Gasteiger partial charge in [-0.05, 0) is 44.2 Å². The van der Waals surface area contributed by atoms with Crippen molar-refractivity contribution in [2.24, 2.45) is 0 Å². The molecule has 0 heterocycles. The first-order chi connectivity index (χ1) is 16.3. The molecule has 34 heavy (non-hydrogen) atoms. The molecule has 2 rings (SSSR count). The monoisotopic (exact) mass is 478 g/mol. The fourth-order valence-corrected chi connectivity index (χ4v) is 2.84. The molecule has 0 unspecified atom stereocenters. The standard InChI is InChI=1S/C24H30O10/c1-18-6-10-20(11-7-18)16-30-33-24(32-23(27)28,14-4-3-5-15-29-22(25)26)34-31-17-21-12-8-19(2)9-13-21/h6-13H,3-5,14-17H2,1-2H3,(H,25,26)(H,27,28). The average Bonchev–Trinajstić information content (AvgIpc) is 2.78. The van der Waals surface area contributed by atoms with Crippen LogP contribution in [0.3, 0.4) is 0 Å². The van der Waals surface area contributed by atoms with Crippen LogP contribution in [0.1, 0.15) is 47.9 Å². The highest BCUT2D eigenvalue weighted by Crippen LogP contribution is 2.26. The summed E-state index contributed by atoms with van der Waals surface area (Å²) in [6.45, 7) is 3.94. The van der Waals surface area contributed by atoms with Crippen molar-refractivity contribution in [1.82, 2.24) is 0 Å². The third-order valence-electron chi connectivity index (χ3n) is 4.66. The van der Waals surface area contributed by atoms with E-state index in [2.05, 4.69) is 4.74 Å². The summed E-state index contributed by atoms with van der Waals surface area (Å²) in [4.78, 5) is 42.9. The second kappa shape index (κ2) is 14.2. The molecular weight excluding hydrogens is 448 g/mol. The Bertz CT molecular complexity index is 828. The van der Waals surface area contributed by atoms with E-state index in [1.165, 1.54) is 0 Å². The van der Waals surface area contributed by atoms with Crippen molar-refractivity contribution in [3.8, 4) is 0 Å². The number of hydrogen-bond donors (Lipinski definition) is 2. The van der Waals surface area contributed by atoms with Gasteiger partial charge in [0, 0.05) is 6.42 Å². The number of benzene rings is 2. The third-order valence-corrected chi connectivity index (χ3v) is 4.66. The molecular formula is C24H30O10. The molecule has 0 amide bonds. The van der Waals surface area contributed by atoms with Gasteiger partial charge in [0.1, 0.15) is 13.2 Å². The summed E-state index contributed by atoms with van der Waals surface area (Å²) in [5.41, 5.74) is 3.74. The summed E-state index contributed by atoms with van der Waals surface area (Å²) >= 11 is 0. The maximum atomic E-state index is 11.4. The second-order valence-corrected chi connectivity index (χ2v) is 7.64. The van der Waals surface area contributed by atoms with E-state index < -0.39 is 18.3 Å². The highest BCUT2D eigenvalue weighted by Gasteiger charge is 2.40. The maximum Gasteiger partial charge on any atom is 0.510 e. The molecule has 0 aliphatic carbocycles. The first-order valence-electron chi connectivity index (χ1n) is 10.8. The Morgan fingerprint density at radius 2 is 1.24 bits per heavy atom. The second-order valence-electron chi connectivity index (χ2n) is 7.64. The smallest absolute Gasteiger partial charge is 0.450 e. The highest BCUT2D eigenvalue weighted by atomic mass is 17.3. The zero-order valence-corrected chi connectivity index (χ0v) is 19.2. The van der Waals surface area contributed by atoms with Crippen LogP contribution < -0.4 is 0 Å². The Morgan fingerprint density at radius 3 is 1.68 bits per heavy atom. The summed E-state index contributed by atoms with van der Waals surface area (Å²) in [5.74, 6) is -2.19. The Balaban J connectivity index is 2.00. The van der Waals surface area contributed by atoms with Crippen molar-refractivity contribution in [2.75, 3.05) is 6.61 Å². The summed E-state index contributed by atoms with van der Waals surface area (Å²) in [5, 5.41) is 17.8. The zero-order valence-electron chi connectivity index (χ0n) is 19.2. The van der Waals surface area contributed by atoms with Crippen molar-refractivity contribution in [3.05, 3.63) is 70.8 Å². The summed E-state index contributed by atoms with van der Waals surface area (Å²) in [7, 11) is 0. The molecule has 10 nitrogen and oxygen atoms in total. The van der Waals surface area contributed by atoms with Crippen LogP contribution in [0.5, 0.6) is 0 Å². The molecule has 0 saturated heterocycles. The lowest BCUT2D eigenvalue weighted by Gasteiger charge is -2.28. The maximum absolute atomic E-state index is 11.4. The topological polar surface area (TPSA) is 130 Å². The van der Waals surface area contributed by atoms with Crippen LogP contribution in [0.2, 0.25) is 0 Å². The van der Waals surface area contributed by atoms with Gasteiger partial charge in [-0.3, -0.25) is 0 Å². The van der Waals surface area contributed by atoms with Crippen molar-refractivity contribution < 1.29 is 48.8 Å². The minimum atomic E-state index is -2.19. The van der Waals surface area contributed by atoms with Gasteiger partial charge in [0.2, 0.25) is 0 Å². The molecule has 0 aromatic heterocycles. The summed E-state index contributed by atoms with van der Waals surface area (Å²) < 4.78 is 9.36. The molecule has 0 fully saturated rings. The van der Waals surface area contributed by atoms with Crippen LogP contribution in [0.4, 0.5) is 9.59 Å². The van der Waals surface area contributed by atoms with Gasteiger partial charge in [-0.15, -0.1) is 0 Å². The number of carbonyl (C=O) groups is 2. The Hall–Kier alpha value is -3.18. The number of ether oxygens (including phenoxy) is 2. The molecule has 10 heteroatoms. The number of unbranched alkanes of at least 4 members (excludes halogenated alkanes) is 2. The normalized spacial score (nSPS) is 11.2. The molecule has 2 aromatic carbocycles. The quantitative estimate of drug-likeness (QED) is 0.111. The van der Waals surface area contributed by atoms with Crippen molar-refractivity contribution in [3.63, 3.8) is 0 Å². The zero-order chi connectivity index (χ0) is 24.8. The SMILES string of the molecule is Cc1ccc(COOC(CCCCCOC(=O)O)(OOCc2ccc(C)cc2)OC(=O)O)cc1. The molecule has 2 N–H and O–H groups in total. The van der Waals surface area contributed by atoms with Gasteiger partial charge in [0.05, 0.1) is 6.61 Å². The number of hydrogen-bond acceptors (Lipinski definition) is 8. The van der Waals surface area contributed by atoms with E-state index in [-0.39, 0.29) is 26.2 Å². The first-order valence-corrected chi connectivity index (χ1v) is 10.8. The van der Waals surface area contributed by atoms with Crippen LogP contribution in [0, 0.1) is 13.8 Å². The lowest BCUT2D eigenvalue weighted by Crippen LogP contribution is -2.41. The molecule has 0 atom stereocenters. The summed E-state index contributed by atoms with van der Waals surface area (Å²) in [6, 6.07) is 15.0. The van der Waals surface area contributed by atoms with Crippen LogP contribution in [0.15, 0.2) is 48.5 Å². The number of carboxylic acid groups (broad SMARTS) is 2. The van der Waals surface area contributed by atoms with Gasteiger partial charge in [0.15, 0.2) is 0 Å². The third kappa shape index (κ3) is 10.6. The first kappa shape index (κ1) is 27.1. The lowest BCUT2D eigenvalue weighted by molar-refractivity contribution is -0.575. The Labute approximate surface area is 197 Å². The summed E-state index contributed by atoms with van der Waals surface area (Å²) in [6.07, 6.45) is -1.83. The van der Waals surface area contributed by atoms with Crippen LogP contribution in [-0.2, 0) is 42.2 Å². The van der Waals surface area contributed by atoms with Crippen LogP contribution >= 0.6 is 0 Å². The fraction of sp³-hybridized carbons (Fsp3) is 0.417. The molecule has 0 spiro atoms. The van der Waals surface area contributed by atoms with Gasteiger partial charge in [-0.2, -0.15) is 9.78 Å². The van der Waals surface area contributed by atoms with E-state index in [0.717, 1.165) is 22.3 Å².